The number of likely N-dealkylation sites (tertiary alicyclic amines) is 1. The maximum atomic E-state index is 11.8. The predicted molar refractivity (Wildman–Crippen MR) is 126 cm³/mol. The smallest absolute Gasteiger partial charge is 0.222 e. The second-order valence-electron chi connectivity index (χ2n) is 7.40. The van der Waals surface area contributed by atoms with Gasteiger partial charge in [-0.1, -0.05) is 13.0 Å². The van der Waals surface area contributed by atoms with Gasteiger partial charge in [0.2, 0.25) is 5.91 Å². The maximum Gasteiger partial charge on any atom is 0.222 e. The first-order chi connectivity index (χ1) is 13.6. The van der Waals surface area contributed by atoms with Gasteiger partial charge >= 0.3 is 0 Å². The molecule has 0 aliphatic carbocycles. The molecule has 8 nitrogen and oxygen atoms in total. The zero-order valence-corrected chi connectivity index (χ0v) is 19.9. The van der Waals surface area contributed by atoms with Gasteiger partial charge in [0.05, 0.1) is 12.7 Å². The van der Waals surface area contributed by atoms with E-state index in [0.29, 0.717) is 13.0 Å². The number of carbonyl (C=O) groups excluding carboxylic acids is 1. The molecule has 9 heteroatoms. The van der Waals surface area contributed by atoms with E-state index in [4.69, 9.17) is 4.74 Å². The van der Waals surface area contributed by atoms with E-state index >= 15 is 0 Å². The van der Waals surface area contributed by atoms with Gasteiger partial charge in [0, 0.05) is 58.4 Å². The fraction of sp³-hybridized carbons (Fsp3) is 0.650. The van der Waals surface area contributed by atoms with Crippen molar-refractivity contribution >= 4 is 41.7 Å². The van der Waals surface area contributed by atoms with Crippen LogP contribution in [0.3, 0.4) is 0 Å². The summed E-state index contributed by atoms with van der Waals surface area (Å²) in [5, 5.41) is 6.75. The monoisotopic (exact) mass is 516 g/mol. The van der Waals surface area contributed by atoms with Gasteiger partial charge in [0.15, 0.2) is 5.96 Å². The second kappa shape index (κ2) is 11.5. The third-order valence-corrected chi connectivity index (χ3v) is 5.24. The van der Waals surface area contributed by atoms with Gasteiger partial charge in [-0.15, -0.1) is 24.0 Å². The Kier molecular flexibility index (Phi) is 9.41. The summed E-state index contributed by atoms with van der Waals surface area (Å²) in [6.45, 7) is 8.69. The Morgan fingerprint density at radius 3 is 2.83 bits per heavy atom. The van der Waals surface area contributed by atoms with E-state index in [0.717, 1.165) is 56.5 Å². The topological polar surface area (TPSA) is 82.1 Å². The first-order valence-corrected chi connectivity index (χ1v) is 10.2. The molecule has 2 aliphatic heterocycles. The Morgan fingerprint density at radius 2 is 2.17 bits per heavy atom. The number of guanidine groups is 1. The van der Waals surface area contributed by atoms with Gasteiger partial charge in [-0.2, -0.15) is 0 Å². The summed E-state index contributed by atoms with van der Waals surface area (Å²) in [4.78, 5) is 24.9. The number of carbonyl (C=O) groups is 1. The summed E-state index contributed by atoms with van der Waals surface area (Å²) >= 11 is 0. The molecule has 1 aromatic rings. The summed E-state index contributed by atoms with van der Waals surface area (Å²) in [5.74, 6) is 1.96. The van der Waals surface area contributed by atoms with E-state index in [9.17, 15) is 4.79 Å². The zero-order valence-electron chi connectivity index (χ0n) is 17.6. The fourth-order valence-corrected chi connectivity index (χ4v) is 3.64. The van der Waals surface area contributed by atoms with Crippen LogP contribution in [0.2, 0.25) is 0 Å². The molecule has 0 radical (unpaired) electrons. The van der Waals surface area contributed by atoms with Crippen LogP contribution < -0.4 is 15.5 Å². The Balaban J connectivity index is 0.00000300. The lowest BCUT2D eigenvalue weighted by molar-refractivity contribution is -0.129. The molecule has 162 valence electrons. The number of aromatic nitrogens is 1. The number of rotatable bonds is 5. The molecule has 1 amide bonds. The summed E-state index contributed by atoms with van der Waals surface area (Å²) in [6, 6.07) is 4.40. The van der Waals surface area contributed by atoms with Gasteiger partial charge in [-0.25, -0.2) is 4.98 Å². The van der Waals surface area contributed by atoms with Crippen LogP contribution in [0.25, 0.3) is 0 Å². The minimum absolute atomic E-state index is 0. The highest BCUT2D eigenvalue weighted by Crippen LogP contribution is 2.15. The van der Waals surface area contributed by atoms with E-state index in [-0.39, 0.29) is 42.0 Å². The molecule has 29 heavy (non-hydrogen) atoms. The minimum atomic E-state index is 0. The number of nitrogens with zero attached hydrogens (tertiary/aromatic N) is 4. The molecule has 0 aromatic carbocycles. The van der Waals surface area contributed by atoms with E-state index < -0.39 is 0 Å². The van der Waals surface area contributed by atoms with Crippen molar-refractivity contribution in [1.29, 1.82) is 0 Å². The molecule has 2 saturated heterocycles. The fourth-order valence-electron chi connectivity index (χ4n) is 3.64. The van der Waals surface area contributed by atoms with Crippen molar-refractivity contribution in [2.24, 2.45) is 4.99 Å². The number of ether oxygens (including phenoxy) is 1. The third kappa shape index (κ3) is 6.70. The van der Waals surface area contributed by atoms with E-state index in [1.165, 1.54) is 0 Å². The van der Waals surface area contributed by atoms with E-state index in [2.05, 4.69) is 44.6 Å². The second-order valence-corrected chi connectivity index (χ2v) is 7.40. The van der Waals surface area contributed by atoms with Gasteiger partial charge < -0.3 is 25.2 Å². The molecule has 2 atom stereocenters. The molecule has 2 unspecified atom stereocenters. The van der Waals surface area contributed by atoms with Crippen LogP contribution in [0.1, 0.15) is 32.3 Å². The molecule has 2 N–H and O–H groups in total. The zero-order chi connectivity index (χ0) is 19.9. The SMILES string of the molecule is CCC(=O)N1CCC(NC(=NC)NCc2ccc(N3CCOC(C)C3)nc2)C1.I. The molecule has 0 bridgehead atoms. The number of anilines is 1. The maximum absolute atomic E-state index is 11.8. The van der Waals surface area contributed by atoms with Gasteiger partial charge in [-0.3, -0.25) is 9.79 Å². The van der Waals surface area contributed by atoms with Crippen molar-refractivity contribution in [3.8, 4) is 0 Å². The quantitative estimate of drug-likeness (QED) is 0.352. The normalized spacial score (nSPS) is 22.2. The Labute approximate surface area is 190 Å². The number of pyridine rings is 1. The van der Waals surface area contributed by atoms with Crippen LogP contribution in [-0.4, -0.2) is 73.7 Å². The average molecular weight is 516 g/mol. The first-order valence-electron chi connectivity index (χ1n) is 10.2. The van der Waals surface area contributed by atoms with E-state index in [1.807, 2.05) is 18.0 Å². The highest BCUT2D eigenvalue weighted by Gasteiger charge is 2.25. The van der Waals surface area contributed by atoms with E-state index in [1.54, 1.807) is 7.05 Å². The standard InChI is InChI=1S/C20H32N6O2.HI/c1-4-19(27)26-8-7-17(14-26)24-20(21-3)23-12-16-5-6-18(22-11-16)25-9-10-28-15(2)13-25;/h5-6,11,15,17H,4,7-10,12-14H2,1-3H3,(H2,21,23,24);1H. The predicted octanol–water partition coefficient (Wildman–Crippen LogP) is 1.60. The Hall–Kier alpha value is -1.62. The largest absolute Gasteiger partial charge is 0.375 e. The summed E-state index contributed by atoms with van der Waals surface area (Å²) in [7, 11) is 1.76. The molecule has 3 heterocycles. The number of nitrogens with one attached hydrogen (secondary N) is 2. The summed E-state index contributed by atoms with van der Waals surface area (Å²) in [6.07, 6.45) is 3.66. The first kappa shape index (κ1) is 23.7. The van der Waals surface area contributed by atoms with Crippen LogP contribution in [0.5, 0.6) is 0 Å². The molecule has 0 saturated carbocycles. The van der Waals surface area contributed by atoms with Crippen molar-refractivity contribution in [3.63, 3.8) is 0 Å². The Bertz CT molecular complexity index is 684. The van der Waals surface area contributed by atoms with Crippen LogP contribution in [0, 0.1) is 0 Å². The van der Waals surface area contributed by atoms with Crippen LogP contribution in [-0.2, 0) is 16.1 Å². The highest BCUT2D eigenvalue weighted by atomic mass is 127. The Morgan fingerprint density at radius 1 is 1.34 bits per heavy atom. The minimum Gasteiger partial charge on any atom is -0.375 e. The number of halogens is 1. The van der Waals surface area contributed by atoms with Gasteiger partial charge in [0.25, 0.3) is 0 Å². The van der Waals surface area contributed by atoms with Crippen LogP contribution in [0.4, 0.5) is 5.82 Å². The molecule has 1 aromatic heterocycles. The lowest BCUT2D eigenvalue weighted by atomic mass is 10.2. The number of amides is 1. The molecule has 3 rings (SSSR count). The van der Waals surface area contributed by atoms with Crippen molar-refractivity contribution < 1.29 is 9.53 Å². The van der Waals surface area contributed by atoms with Crippen molar-refractivity contribution in [2.45, 2.75) is 45.4 Å². The van der Waals surface area contributed by atoms with Gasteiger partial charge in [-0.05, 0) is 25.0 Å². The summed E-state index contributed by atoms with van der Waals surface area (Å²) in [5.41, 5.74) is 1.10. The van der Waals surface area contributed by atoms with Gasteiger partial charge in [0.1, 0.15) is 5.82 Å². The molecule has 2 aliphatic rings. The third-order valence-electron chi connectivity index (χ3n) is 5.24. The summed E-state index contributed by atoms with van der Waals surface area (Å²) < 4.78 is 5.59. The molecule has 2 fully saturated rings. The lowest BCUT2D eigenvalue weighted by Gasteiger charge is -2.32. The van der Waals surface area contributed by atoms with Crippen molar-refractivity contribution in [2.75, 3.05) is 44.7 Å². The number of hydrogen-bond acceptors (Lipinski definition) is 5. The lowest BCUT2D eigenvalue weighted by Crippen LogP contribution is -2.44. The van der Waals surface area contributed by atoms with Crippen LogP contribution >= 0.6 is 24.0 Å². The van der Waals surface area contributed by atoms with Crippen LogP contribution in [0.15, 0.2) is 23.3 Å². The molecule has 0 spiro atoms. The number of hydrogen-bond donors (Lipinski definition) is 2. The van der Waals surface area contributed by atoms with Crippen molar-refractivity contribution in [3.05, 3.63) is 23.9 Å². The number of morpholine rings is 1. The highest BCUT2D eigenvalue weighted by molar-refractivity contribution is 14.0. The number of aliphatic imine (C=N–C) groups is 1. The molecular formula is C20H33IN6O2. The molecular weight excluding hydrogens is 483 g/mol. The average Bonchev–Trinajstić information content (AvgIpc) is 3.19. The van der Waals surface area contributed by atoms with Crippen molar-refractivity contribution in [1.82, 2.24) is 20.5 Å².